The Hall–Kier alpha value is -1.62. The first-order chi connectivity index (χ1) is 8.22. The van der Waals surface area contributed by atoms with Crippen LogP contribution in [0.1, 0.15) is 5.56 Å². The van der Waals surface area contributed by atoms with Crippen molar-refractivity contribution in [3.8, 4) is 0 Å². The predicted molar refractivity (Wildman–Crippen MR) is 65.5 cm³/mol. The van der Waals surface area contributed by atoms with Gasteiger partial charge in [0, 0.05) is 39.1 Å². The number of nitrogens with one attached hydrogen (secondary N) is 1. The molecule has 0 saturated carbocycles. The molecule has 0 aliphatic carbocycles. The third-order valence-electron chi connectivity index (χ3n) is 3.09. The molecule has 5 nitrogen and oxygen atoms in total. The third kappa shape index (κ3) is 2.55. The molecule has 2 amide bonds. The fraction of sp³-hybridized carbons (Fsp3) is 0.500. The average Bonchev–Trinajstić information content (AvgIpc) is 2.60. The summed E-state index contributed by atoms with van der Waals surface area (Å²) in [6.07, 6.45) is 3.55. The lowest BCUT2D eigenvalue weighted by atomic mass is 10.2. The molecular weight excluding hydrogens is 216 g/mol. The first-order valence-corrected chi connectivity index (χ1v) is 5.77. The van der Waals surface area contributed by atoms with Crippen LogP contribution in [0.5, 0.6) is 0 Å². The summed E-state index contributed by atoms with van der Waals surface area (Å²) in [6, 6.07) is 4.23. The number of nitrogens with zero attached hydrogens (tertiary/aromatic N) is 3. The Morgan fingerprint density at radius 2 is 2.41 bits per heavy atom. The van der Waals surface area contributed by atoms with E-state index in [0.717, 1.165) is 18.7 Å². The molecule has 1 N–H and O–H groups in total. The second-order valence-corrected chi connectivity index (χ2v) is 4.35. The maximum Gasteiger partial charge on any atom is 0.320 e. The van der Waals surface area contributed by atoms with Crippen molar-refractivity contribution in [1.29, 1.82) is 0 Å². The van der Waals surface area contributed by atoms with Gasteiger partial charge in [0.1, 0.15) is 0 Å². The Morgan fingerprint density at radius 3 is 3.06 bits per heavy atom. The molecule has 0 spiro atoms. The number of hydrogen-bond acceptors (Lipinski definition) is 3. The molecule has 92 valence electrons. The first-order valence-electron chi connectivity index (χ1n) is 5.77. The molecule has 1 aromatic rings. The van der Waals surface area contributed by atoms with Gasteiger partial charge in [-0.05, 0) is 18.7 Å². The van der Waals surface area contributed by atoms with Gasteiger partial charge in [-0.15, -0.1) is 0 Å². The van der Waals surface area contributed by atoms with Crippen molar-refractivity contribution < 1.29 is 4.79 Å². The molecule has 5 heteroatoms. The molecule has 1 unspecified atom stereocenters. The van der Waals surface area contributed by atoms with E-state index in [1.54, 1.807) is 17.3 Å². The van der Waals surface area contributed by atoms with Gasteiger partial charge < -0.3 is 15.1 Å². The monoisotopic (exact) mass is 234 g/mol. The lowest BCUT2D eigenvalue weighted by molar-refractivity contribution is 0.194. The second kappa shape index (κ2) is 5.14. The van der Waals surface area contributed by atoms with Gasteiger partial charge in [-0.3, -0.25) is 4.98 Å². The Kier molecular flexibility index (Phi) is 3.58. The van der Waals surface area contributed by atoms with Crippen molar-refractivity contribution in [2.24, 2.45) is 0 Å². The average molecular weight is 234 g/mol. The first kappa shape index (κ1) is 11.9. The molecule has 2 rings (SSSR count). The minimum Gasteiger partial charge on any atom is -0.322 e. The van der Waals surface area contributed by atoms with Crippen LogP contribution >= 0.6 is 0 Å². The van der Waals surface area contributed by atoms with Gasteiger partial charge in [-0.25, -0.2) is 4.79 Å². The highest BCUT2D eigenvalue weighted by Gasteiger charge is 2.33. The number of hydrogen-bond donors (Lipinski definition) is 1. The molecule has 1 aliphatic rings. The smallest absolute Gasteiger partial charge is 0.320 e. The number of urea groups is 1. The molecule has 1 fully saturated rings. The van der Waals surface area contributed by atoms with Crippen LogP contribution in [0.3, 0.4) is 0 Å². The summed E-state index contributed by atoms with van der Waals surface area (Å²) < 4.78 is 0. The van der Waals surface area contributed by atoms with Gasteiger partial charge in [0.15, 0.2) is 0 Å². The van der Waals surface area contributed by atoms with Gasteiger partial charge in [0.05, 0.1) is 6.04 Å². The van der Waals surface area contributed by atoms with E-state index >= 15 is 0 Å². The Balaban J connectivity index is 2.01. The van der Waals surface area contributed by atoms with Gasteiger partial charge in [-0.1, -0.05) is 6.07 Å². The summed E-state index contributed by atoms with van der Waals surface area (Å²) in [4.78, 5) is 19.7. The highest BCUT2D eigenvalue weighted by Crippen LogP contribution is 2.16. The van der Waals surface area contributed by atoms with E-state index in [1.165, 1.54) is 0 Å². The summed E-state index contributed by atoms with van der Waals surface area (Å²) in [7, 11) is 3.76. The van der Waals surface area contributed by atoms with Crippen LogP contribution in [-0.2, 0) is 6.54 Å². The van der Waals surface area contributed by atoms with Crippen molar-refractivity contribution in [3.63, 3.8) is 0 Å². The fourth-order valence-corrected chi connectivity index (χ4v) is 2.12. The van der Waals surface area contributed by atoms with Crippen molar-refractivity contribution in [3.05, 3.63) is 30.1 Å². The van der Waals surface area contributed by atoms with Gasteiger partial charge in [-0.2, -0.15) is 0 Å². The summed E-state index contributed by atoms with van der Waals surface area (Å²) in [6.45, 7) is 2.23. The zero-order valence-corrected chi connectivity index (χ0v) is 10.3. The van der Waals surface area contributed by atoms with E-state index in [4.69, 9.17) is 0 Å². The molecular formula is C12H18N4O. The predicted octanol–water partition coefficient (Wildman–Crippen LogP) is 0.537. The third-order valence-corrected chi connectivity index (χ3v) is 3.09. The lowest BCUT2D eigenvalue weighted by Crippen LogP contribution is -2.37. The van der Waals surface area contributed by atoms with E-state index in [0.29, 0.717) is 6.54 Å². The Labute approximate surface area is 101 Å². The largest absolute Gasteiger partial charge is 0.322 e. The van der Waals surface area contributed by atoms with Crippen molar-refractivity contribution >= 4 is 6.03 Å². The quantitative estimate of drug-likeness (QED) is 0.827. The molecule has 0 radical (unpaired) electrons. The van der Waals surface area contributed by atoms with Crippen molar-refractivity contribution in [2.45, 2.75) is 12.6 Å². The molecule has 2 heterocycles. The van der Waals surface area contributed by atoms with Crippen LogP contribution in [0, 0.1) is 0 Å². The Bertz CT molecular complexity index is 381. The number of rotatable bonds is 4. The van der Waals surface area contributed by atoms with Crippen LogP contribution < -0.4 is 5.32 Å². The van der Waals surface area contributed by atoms with E-state index in [1.807, 2.05) is 31.1 Å². The van der Waals surface area contributed by atoms with E-state index in [9.17, 15) is 4.79 Å². The number of carbonyl (C=O) groups is 1. The summed E-state index contributed by atoms with van der Waals surface area (Å²) in [5.74, 6) is 0. The van der Waals surface area contributed by atoms with Crippen molar-refractivity contribution in [1.82, 2.24) is 20.1 Å². The fourth-order valence-electron chi connectivity index (χ4n) is 2.12. The van der Waals surface area contributed by atoms with Gasteiger partial charge in [0.2, 0.25) is 0 Å². The number of likely N-dealkylation sites (N-methyl/N-ethyl adjacent to an activating group) is 2. The molecule has 1 saturated heterocycles. The van der Waals surface area contributed by atoms with Crippen LogP contribution in [0.4, 0.5) is 4.79 Å². The maximum absolute atomic E-state index is 12.0. The molecule has 0 bridgehead atoms. The summed E-state index contributed by atoms with van der Waals surface area (Å²) >= 11 is 0. The van der Waals surface area contributed by atoms with Crippen LogP contribution in [0.25, 0.3) is 0 Å². The van der Waals surface area contributed by atoms with Crippen molar-refractivity contribution in [2.75, 3.05) is 27.2 Å². The molecule has 0 aromatic carbocycles. The molecule has 1 aliphatic heterocycles. The van der Waals surface area contributed by atoms with Gasteiger partial charge >= 0.3 is 6.03 Å². The maximum atomic E-state index is 12.0. The highest BCUT2D eigenvalue weighted by molar-refractivity contribution is 5.76. The second-order valence-electron chi connectivity index (χ2n) is 4.35. The number of carbonyl (C=O) groups excluding carboxylic acids is 1. The van der Waals surface area contributed by atoms with E-state index in [2.05, 4.69) is 10.3 Å². The van der Waals surface area contributed by atoms with E-state index < -0.39 is 0 Å². The number of pyridine rings is 1. The topological polar surface area (TPSA) is 48.5 Å². The number of aromatic nitrogens is 1. The van der Waals surface area contributed by atoms with E-state index in [-0.39, 0.29) is 12.1 Å². The molecule has 1 atom stereocenters. The lowest BCUT2D eigenvalue weighted by Gasteiger charge is -2.16. The van der Waals surface area contributed by atoms with Crippen LogP contribution in [0.15, 0.2) is 24.5 Å². The Morgan fingerprint density at radius 1 is 1.59 bits per heavy atom. The van der Waals surface area contributed by atoms with Crippen LogP contribution in [-0.4, -0.2) is 54.0 Å². The molecule has 17 heavy (non-hydrogen) atoms. The normalized spacial score (nSPS) is 20.1. The summed E-state index contributed by atoms with van der Waals surface area (Å²) in [5, 5.41) is 3.11. The number of amides is 2. The zero-order valence-electron chi connectivity index (χ0n) is 10.3. The highest BCUT2D eigenvalue weighted by atomic mass is 16.2. The zero-order chi connectivity index (χ0) is 12.3. The standard InChI is InChI=1S/C12H18N4O/c1-13-7-11-9-16(12(17)15(11)2)8-10-4-3-5-14-6-10/h3-6,11,13H,7-9H2,1-2H3. The minimum atomic E-state index is 0.0918. The molecule has 1 aromatic heterocycles. The van der Waals surface area contributed by atoms with Crippen LogP contribution in [0.2, 0.25) is 0 Å². The summed E-state index contributed by atoms with van der Waals surface area (Å²) in [5.41, 5.74) is 1.07. The SMILES string of the molecule is CNCC1CN(Cc2cccnc2)C(=O)N1C. The van der Waals surface area contributed by atoms with Gasteiger partial charge in [0.25, 0.3) is 0 Å². The minimum absolute atomic E-state index is 0.0918.